The van der Waals surface area contributed by atoms with E-state index in [9.17, 15) is 9.59 Å². The van der Waals surface area contributed by atoms with Crippen LogP contribution in [0.3, 0.4) is 0 Å². The molecule has 2 N–H and O–H groups in total. The summed E-state index contributed by atoms with van der Waals surface area (Å²) in [6.45, 7) is 12.3. The molecular weight excluding hydrogens is 432 g/mol. The lowest BCUT2D eigenvalue weighted by Crippen LogP contribution is -2.54. The van der Waals surface area contributed by atoms with Gasteiger partial charge < -0.3 is 19.8 Å². The highest BCUT2D eigenvalue weighted by Crippen LogP contribution is 2.43. The molecule has 3 atom stereocenters. The van der Waals surface area contributed by atoms with Crippen LogP contribution in [0, 0.1) is 5.92 Å². The van der Waals surface area contributed by atoms with E-state index < -0.39 is 14.2 Å². The molecule has 6 nitrogen and oxygen atoms in total. The topological polar surface area (TPSA) is 76.7 Å². The van der Waals surface area contributed by atoms with Gasteiger partial charge in [-0.2, -0.15) is 0 Å². The Morgan fingerprint density at radius 2 is 1.94 bits per heavy atom. The van der Waals surface area contributed by atoms with Gasteiger partial charge in [-0.05, 0) is 41.7 Å². The Bertz CT molecular complexity index is 889. The van der Waals surface area contributed by atoms with Crippen LogP contribution < -0.4 is 10.6 Å². The lowest BCUT2D eigenvalue weighted by Gasteiger charge is -2.47. The Morgan fingerprint density at radius 1 is 1.21 bits per heavy atom. The second-order valence-electron chi connectivity index (χ2n) is 11.6. The maximum Gasteiger partial charge on any atom is 0.287 e. The molecular formula is C26H40N2O4Si. The van der Waals surface area contributed by atoms with Crippen molar-refractivity contribution >= 4 is 25.7 Å². The number of fused-ring (bicyclic) bond motifs is 4. The smallest absolute Gasteiger partial charge is 0.287 e. The summed E-state index contributed by atoms with van der Waals surface area (Å²) in [4.78, 5) is 24.5. The highest BCUT2D eigenvalue weighted by Gasteiger charge is 2.44. The number of hydrogen-bond donors (Lipinski definition) is 2. The van der Waals surface area contributed by atoms with Gasteiger partial charge in [-0.25, -0.2) is 0 Å². The SMILES string of the molecule is CC(C)(C)[Si](C)(C)O[C@@H]1CO[C@@H]2C[C@@H]1Nc1ccc(CNC(=O)C(=O)CC3CCCC3)cc12. The third-order valence-electron chi connectivity index (χ3n) is 8.09. The van der Waals surface area contributed by atoms with Crippen LogP contribution in [0.4, 0.5) is 5.69 Å². The van der Waals surface area contributed by atoms with Gasteiger partial charge >= 0.3 is 0 Å². The highest BCUT2D eigenvalue weighted by molar-refractivity contribution is 6.74. The first kappa shape index (κ1) is 24.4. The summed E-state index contributed by atoms with van der Waals surface area (Å²) < 4.78 is 12.9. The molecule has 182 valence electrons. The fourth-order valence-corrected chi connectivity index (χ4v) is 6.33. The first-order valence-electron chi connectivity index (χ1n) is 12.5. The number of rotatable bonds is 7. The number of amides is 1. The number of carbonyl (C=O) groups is 2. The molecule has 0 aromatic heterocycles. The Kier molecular flexibility index (Phi) is 7.04. The second kappa shape index (κ2) is 9.51. The zero-order valence-electron chi connectivity index (χ0n) is 20.8. The fraction of sp³-hybridized carbons (Fsp3) is 0.692. The van der Waals surface area contributed by atoms with Crippen molar-refractivity contribution in [1.82, 2.24) is 5.32 Å². The largest absolute Gasteiger partial charge is 0.409 e. The molecule has 4 rings (SSSR count). The molecule has 1 saturated heterocycles. The molecule has 1 aliphatic carbocycles. The van der Waals surface area contributed by atoms with Crippen LogP contribution in [-0.2, 0) is 25.3 Å². The van der Waals surface area contributed by atoms with E-state index >= 15 is 0 Å². The van der Waals surface area contributed by atoms with E-state index in [0.717, 1.165) is 36.1 Å². The van der Waals surface area contributed by atoms with Gasteiger partial charge in [0, 0.05) is 30.6 Å². The van der Waals surface area contributed by atoms with Crippen LogP contribution in [0.15, 0.2) is 18.2 Å². The van der Waals surface area contributed by atoms with E-state index in [2.05, 4.69) is 56.6 Å². The molecule has 7 heteroatoms. The van der Waals surface area contributed by atoms with Crippen LogP contribution in [0.2, 0.25) is 18.1 Å². The van der Waals surface area contributed by atoms with Crippen molar-refractivity contribution in [2.75, 3.05) is 11.9 Å². The summed E-state index contributed by atoms with van der Waals surface area (Å²) in [7, 11) is -1.88. The van der Waals surface area contributed by atoms with Crippen molar-refractivity contribution in [1.29, 1.82) is 0 Å². The number of hydrogen-bond acceptors (Lipinski definition) is 5. The standard InChI is InChI=1S/C26H40N2O4Si/c1-26(2,3)33(4,5)32-24-16-31-23-14-21(24)28-20-11-10-18(12-19(20)23)15-27-25(30)22(29)13-17-8-6-7-9-17/h10-12,17,21,23-24,28H,6-9,13-16H2,1-5H3,(H,27,30)/t21-,23+,24+/m0/s1. The normalized spacial score (nSPS) is 25.3. The monoisotopic (exact) mass is 472 g/mol. The lowest BCUT2D eigenvalue weighted by atomic mass is 9.89. The molecule has 1 saturated carbocycles. The molecule has 0 unspecified atom stereocenters. The number of ether oxygens (including phenoxy) is 1. The molecule has 0 spiro atoms. The van der Waals surface area contributed by atoms with Gasteiger partial charge in [0.1, 0.15) is 0 Å². The maximum absolute atomic E-state index is 12.3. The van der Waals surface area contributed by atoms with Crippen molar-refractivity contribution < 1.29 is 18.8 Å². The van der Waals surface area contributed by atoms with Crippen molar-refractivity contribution in [3.05, 3.63) is 29.3 Å². The summed E-state index contributed by atoms with van der Waals surface area (Å²) >= 11 is 0. The van der Waals surface area contributed by atoms with Crippen LogP contribution in [0.25, 0.3) is 0 Å². The van der Waals surface area contributed by atoms with Gasteiger partial charge in [0.2, 0.25) is 5.78 Å². The minimum Gasteiger partial charge on any atom is -0.409 e. The van der Waals surface area contributed by atoms with Gasteiger partial charge in [-0.1, -0.05) is 52.5 Å². The van der Waals surface area contributed by atoms with Crippen molar-refractivity contribution in [2.24, 2.45) is 5.92 Å². The van der Waals surface area contributed by atoms with Gasteiger partial charge in [-0.3, -0.25) is 9.59 Å². The first-order valence-corrected chi connectivity index (χ1v) is 15.4. The molecule has 3 aliphatic rings. The second-order valence-corrected chi connectivity index (χ2v) is 16.4. The highest BCUT2D eigenvalue weighted by atomic mass is 28.4. The van der Waals surface area contributed by atoms with Gasteiger partial charge in [-0.15, -0.1) is 0 Å². The Hall–Kier alpha value is -1.70. The maximum atomic E-state index is 12.3. The number of ketones is 1. The minimum absolute atomic E-state index is 0.0326. The molecule has 2 heterocycles. The van der Waals surface area contributed by atoms with Crippen LogP contribution in [0.1, 0.15) is 76.5 Å². The van der Waals surface area contributed by atoms with Crippen LogP contribution in [0.5, 0.6) is 0 Å². The number of benzene rings is 1. The summed E-state index contributed by atoms with van der Waals surface area (Å²) in [6.07, 6.45) is 5.84. The molecule has 33 heavy (non-hydrogen) atoms. The van der Waals surface area contributed by atoms with Gasteiger partial charge in [0.25, 0.3) is 5.91 Å². The molecule has 0 radical (unpaired) electrons. The molecule has 2 fully saturated rings. The average molecular weight is 473 g/mol. The van der Waals surface area contributed by atoms with E-state index in [1.165, 1.54) is 12.8 Å². The summed E-state index contributed by atoms with van der Waals surface area (Å²) in [5.41, 5.74) is 3.19. The number of nitrogens with one attached hydrogen (secondary N) is 2. The zero-order chi connectivity index (χ0) is 23.8. The number of Topliss-reactive ketones (excluding diaryl/α,β-unsaturated/α-hetero) is 1. The lowest BCUT2D eigenvalue weighted by molar-refractivity contribution is -0.138. The Balaban J connectivity index is 1.35. The zero-order valence-corrected chi connectivity index (χ0v) is 21.8. The predicted molar refractivity (Wildman–Crippen MR) is 133 cm³/mol. The first-order chi connectivity index (χ1) is 15.5. The summed E-state index contributed by atoms with van der Waals surface area (Å²) in [6, 6.07) is 6.41. The van der Waals surface area contributed by atoms with Crippen molar-refractivity contribution in [2.45, 2.75) is 102 Å². The van der Waals surface area contributed by atoms with Crippen molar-refractivity contribution in [3.8, 4) is 0 Å². The van der Waals surface area contributed by atoms with Crippen LogP contribution in [-0.4, -0.2) is 38.8 Å². The van der Waals surface area contributed by atoms with Crippen LogP contribution >= 0.6 is 0 Å². The Morgan fingerprint density at radius 3 is 2.64 bits per heavy atom. The van der Waals surface area contributed by atoms with E-state index in [0.29, 0.717) is 25.5 Å². The van der Waals surface area contributed by atoms with Crippen molar-refractivity contribution in [3.63, 3.8) is 0 Å². The third kappa shape index (κ3) is 5.52. The Labute approximate surface area is 199 Å². The third-order valence-corrected chi connectivity index (χ3v) is 12.6. The number of carbonyl (C=O) groups excluding carboxylic acids is 2. The average Bonchev–Trinajstić information content (AvgIpc) is 3.26. The summed E-state index contributed by atoms with van der Waals surface area (Å²) in [5, 5.41) is 6.66. The molecule has 1 aromatic rings. The number of anilines is 1. The van der Waals surface area contributed by atoms with E-state index in [-0.39, 0.29) is 29.1 Å². The minimum atomic E-state index is -1.88. The fourth-order valence-electron chi connectivity index (χ4n) is 4.99. The quantitative estimate of drug-likeness (QED) is 0.427. The van der Waals surface area contributed by atoms with E-state index in [1.807, 2.05) is 6.07 Å². The molecule has 1 amide bonds. The van der Waals surface area contributed by atoms with E-state index in [4.69, 9.17) is 9.16 Å². The van der Waals surface area contributed by atoms with E-state index in [1.54, 1.807) is 0 Å². The summed E-state index contributed by atoms with van der Waals surface area (Å²) in [5.74, 6) is -0.357. The molecule has 2 bridgehead atoms. The predicted octanol–water partition coefficient (Wildman–Crippen LogP) is 5.10. The van der Waals surface area contributed by atoms with Gasteiger partial charge in [0.05, 0.1) is 24.9 Å². The molecule has 1 aromatic carbocycles. The van der Waals surface area contributed by atoms with Gasteiger partial charge in [0.15, 0.2) is 8.32 Å². The molecule has 2 aliphatic heterocycles.